The normalized spacial score (nSPS) is 36.8. The maximum atomic E-state index is 12.5. The summed E-state index contributed by atoms with van der Waals surface area (Å²) in [5.41, 5.74) is 7.29. The summed E-state index contributed by atoms with van der Waals surface area (Å²) in [5, 5.41) is 3.03. The number of nitrogens with two attached hydrogens (primary N) is 1. The second-order valence-corrected chi connectivity index (χ2v) is 8.12. The highest BCUT2D eigenvalue weighted by atomic mass is 79.9. The summed E-state index contributed by atoms with van der Waals surface area (Å²) in [6.07, 6.45) is 4.03. The number of carbonyl (C=O) groups excluding carboxylic acids is 1. The van der Waals surface area contributed by atoms with Crippen LogP contribution in [0, 0.1) is 29.6 Å². The Balaban J connectivity index is 1.52. The molecule has 3 fully saturated rings. The van der Waals surface area contributed by atoms with Crippen LogP contribution in [0.4, 0.5) is 11.4 Å². The second-order valence-electron chi connectivity index (χ2n) is 6.35. The fourth-order valence-electron chi connectivity index (χ4n) is 4.61. The molecule has 0 radical (unpaired) electrons. The molecule has 1 amide bonds. The Kier molecular flexibility index (Phi) is 2.94. The first-order valence-electron chi connectivity index (χ1n) is 7.11. The predicted octanol–water partition coefficient (Wildman–Crippen LogP) is 4.02. The summed E-state index contributed by atoms with van der Waals surface area (Å²) in [6.45, 7) is 0. The van der Waals surface area contributed by atoms with Crippen molar-refractivity contribution < 1.29 is 4.79 Å². The SMILES string of the molecule is Nc1cc(Br)cc(Br)c1NC(=O)C1C2C3CCC(C3)C12. The van der Waals surface area contributed by atoms with Crippen LogP contribution in [-0.4, -0.2) is 5.91 Å². The van der Waals surface area contributed by atoms with Crippen LogP contribution in [0.25, 0.3) is 0 Å². The number of hydrogen-bond acceptors (Lipinski definition) is 2. The van der Waals surface area contributed by atoms with Gasteiger partial charge >= 0.3 is 0 Å². The fraction of sp³-hybridized carbons (Fsp3) is 0.533. The number of amides is 1. The van der Waals surface area contributed by atoms with Gasteiger partial charge in [-0.3, -0.25) is 4.79 Å². The Morgan fingerprint density at radius 1 is 1.20 bits per heavy atom. The number of anilines is 2. The van der Waals surface area contributed by atoms with Crippen molar-refractivity contribution in [3.05, 3.63) is 21.1 Å². The van der Waals surface area contributed by atoms with E-state index in [2.05, 4.69) is 37.2 Å². The molecule has 4 rings (SSSR count). The largest absolute Gasteiger partial charge is 0.397 e. The Morgan fingerprint density at radius 2 is 1.85 bits per heavy atom. The minimum absolute atomic E-state index is 0.159. The number of rotatable bonds is 2. The number of halogens is 2. The van der Waals surface area contributed by atoms with Crippen molar-refractivity contribution in [1.29, 1.82) is 0 Å². The molecule has 3 aliphatic carbocycles. The third-order valence-electron chi connectivity index (χ3n) is 5.37. The molecular formula is C15H16Br2N2O. The van der Waals surface area contributed by atoms with Crippen LogP contribution < -0.4 is 11.1 Å². The molecule has 106 valence electrons. The Morgan fingerprint density at radius 3 is 2.45 bits per heavy atom. The van der Waals surface area contributed by atoms with Gasteiger partial charge in [0.25, 0.3) is 0 Å². The summed E-state index contributed by atoms with van der Waals surface area (Å²) < 4.78 is 1.73. The van der Waals surface area contributed by atoms with E-state index in [1.165, 1.54) is 19.3 Å². The first-order valence-corrected chi connectivity index (χ1v) is 8.70. The average molecular weight is 400 g/mol. The highest BCUT2D eigenvalue weighted by molar-refractivity contribution is 9.11. The van der Waals surface area contributed by atoms with Crippen LogP contribution in [-0.2, 0) is 4.79 Å². The molecule has 0 spiro atoms. The molecule has 0 aliphatic heterocycles. The highest BCUT2D eigenvalue weighted by Crippen LogP contribution is 2.69. The molecule has 3 N–H and O–H groups in total. The van der Waals surface area contributed by atoms with Gasteiger partial charge in [-0.2, -0.15) is 0 Å². The van der Waals surface area contributed by atoms with Crippen molar-refractivity contribution in [3.63, 3.8) is 0 Å². The molecule has 0 aromatic heterocycles. The van der Waals surface area contributed by atoms with Crippen LogP contribution in [0.15, 0.2) is 21.1 Å². The topological polar surface area (TPSA) is 55.1 Å². The lowest BCUT2D eigenvalue weighted by molar-refractivity contribution is -0.118. The monoisotopic (exact) mass is 398 g/mol. The van der Waals surface area contributed by atoms with Gasteiger partial charge in [-0.05, 0) is 71.0 Å². The third-order valence-corrected chi connectivity index (χ3v) is 6.46. The molecule has 3 saturated carbocycles. The van der Waals surface area contributed by atoms with E-state index in [4.69, 9.17) is 5.73 Å². The lowest BCUT2D eigenvalue weighted by atomic mass is 10.0. The van der Waals surface area contributed by atoms with Crippen molar-refractivity contribution in [2.75, 3.05) is 11.1 Å². The van der Waals surface area contributed by atoms with E-state index in [1.54, 1.807) is 0 Å². The summed E-state index contributed by atoms with van der Waals surface area (Å²) >= 11 is 6.86. The smallest absolute Gasteiger partial charge is 0.228 e. The van der Waals surface area contributed by atoms with Gasteiger partial charge in [-0.1, -0.05) is 15.9 Å². The van der Waals surface area contributed by atoms with Crippen LogP contribution in [0.1, 0.15) is 19.3 Å². The van der Waals surface area contributed by atoms with Crippen LogP contribution in [0.2, 0.25) is 0 Å². The average Bonchev–Trinajstić information content (AvgIpc) is 2.82. The van der Waals surface area contributed by atoms with E-state index in [-0.39, 0.29) is 11.8 Å². The van der Waals surface area contributed by atoms with Gasteiger partial charge in [0, 0.05) is 14.9 Å². The van der Waals surface area contributed by atoms with Crippen molar-refractivity contribution >= 4 is 49.1 Å². The Hall–Kier alpha value is -0.550. The molecule has 3 aliphatic rings. The molecule has 0 heterocycles. The van der Waals surface area contributed by atoms with Gasteiger partial charge < -0.3 is 11.1 Å². The zero-order valence-corrected chi connectivity index (χ0v) is 14.1. The minimum atomic E-state index is 0.159. The van der Waals surface area contributed by atoms with E-state index in [1.807, 2.05) is 12.1 Å². The molecule has 5 heteroatoms. The summed E-state index contributed by atoms with van der Waals surface area (Å²) in [5.74, 6) is 3.33. The lowest BCUT2D eigenvalue weighted by Gasteiger charge is -2.13. The van der Waals surface area contributed by atoms with Crippen molar-refractivity contribution in [2.45, 2.75) is 19.3 Å². The van der Waals surface area contributed by atoms with Crippen LogP contribution >= 0.6 is 31.9 Å². The minimum Gasteiger partial charge on any atom is -0.397 e. The standard InChI is InChI=1S/C15H16Br2N2O/c16-8-4-9(17)14(10(18)5-8)19-15(20)13-11-6-1-2-7(3-6)12(11)13/h4-7,11-13H,1-3,18H2,(H,19,20). The number of carbonyl (C=O) groups is 1. The quantitative estimate of drug-likeness (QED) is 0.737. The van der Waals surface area contributed by atoms with Gasteiger partial charge in [-0.15, -0.1) is 0 Å². The highest BCUT2D eigenvalue weighted by Gasteiger charge is 2.67. The maximum absolute atomic E-state index is 12.5. The van der Waals surface area contributed by atoms with Gasteiger partial charge in [0.05, 0.1) is 11.4 Å². The van der Waals surface area contributed by atoms with E-state index in [0.29, 0.717) is 23.2 Å². The molecule has 3 nitrogen and oxygen atoms in total. The summed E-state index contributed by atoms with van der Waals surface area (Å²) in [4.78, 5) is 12.5. The Bertz CT molecular complexity index is 565. The number of hydrogen-bond donors (Lipinski definition) is 2. The zero-order chi connectivity index (χ0) is 14.0. The van der Waals surface area contributed by atoms with Gasteiger partial charge in [0.2, 0.25) is 5.91 Å². The summed E-state index contributed by atoms with van der Waals surface area (Å²) in [7, 11) is 0. The van der Waals surface area contributed by atoms with E-state index in [0.717, 1.165) is 20.8 Å². The zero-order valence-electron chi connectivity index (χ0n) is 10.9. The first-order chi connectivity index (χ1) is 9.56. The van der Waals surface area contributed by atoms with Crippen LogP contribution in [0.3, 0.4) is 0 Å². The van der Waals surface area contributed by atoms with E-state index in [9.17, 15) is 4.79 Å². The molecule has 20 heavy (non-hydrogen) atoms. The molecule has 2 bridgehead atoms. The third kappa shape index (κ3) is 1.86. The molecule has 4 atom stereocenters. The first kappa shape index (κ1) is 13.1. The molecule has 1 aromatic carbocycles. The van der Waals surface area contributed by atoms with Crippen molar-refractivity contribution in [2.24, 2.45) is 29.6 Å². The number of benzene rings is 1. The molecule has 1 aromatic rings. The number of fused-ring (bicyclic) bond motifs is 5. The molecule has 0 saturated heterocycles. The van der Waals surface area contributed by atoms with Gasteiger partial charge in [-0.25, -0.2) is 0 Å². The predicted molar refractivity (Wildman–Crippen MR) is 86.2 cm³/mol. The van der Waals surface area contributed by atoms with E-state index >= 15 is 0 Å². The van der Waals surface area contributed by atoms with Crippen molar-refractivity contribution in [3.8, 4) is 0 Å². The van der Waals surface area contributed by atoms with Gasteiger partial charge in [0.1, 0.15) is 0 Å². The second kappa shape index (κ2) is 4.47. The lowest BCUT2D eigenvalue weighted by Crippen LogP contribution is -2.19. The van der Waals surface area contributed by atoms with Crippen molar-refractivity contribution in [1.82, 2.24) is 0 Å². The van der Waals surface area contributed by atoms with Gasteiger partial charge in [0.15, 0.2) is 0 Å². The van der Waals surface area contributed by atoms with E-state index < -0.39 is 0 Å². The van der Waals surface area contributed by atoms with Crippen LogP contribution in [0.5, 0.6) is 0 Å². The maximum Gasteiger partial charge on any atom is 0.228 e. The Labute approximate surface area is 134 Å². The fourth-order valence-corrected chi connectivity index (χ4v) is 5.96. The number of nitrogen functional groups attached to an aromatic ring is 1. The molecular weight excluding hydrogens is 384 g/mol. The summed E-state index contributed by atoms with van der Waals surface area (Å²) in [6, 6.07) is 3.72. The number of nitrogens with one attached hydrogen (secondary N) is 1. The molecule has 4 unspecified atom stereocenters.